The second-order valence-electron chi connectivity index (χ2n) is 4.32. The maximum atomic E-state index is 12.0. The number of hydrogen-bond acceptors (Lipinski definition) is 4. The van der Waals surface area contributed by atoms with Crippen LogP contribution in [-0.4, -0.2) is 26.2 Å². The molecule has 5 nitrogen and oxygen atoms in total. The SMILES string of the molecule is CNc1ccc(NS(=O)(=O)CCc2ccccn2)cc1. The highest BCUT2D eigenvalue weighted by Crippen LogP contribution is 2.14. The van der Waals surface area contributed by atoms with Crippen molar-refractivity contribution in [1.82, 2.24) is 4.98 Å². The number of nitrogens with one attached hydrogen (secondary N) is 2. The van der Waals surface area contributed by atoms with Crippen LogP contribution in [-0.2, 0) is 16.4 Å². The smallest absolute Gasteiger partial charge is 0.233 e. The van der Waals surface area contributed by atoms with E-state index in [2.05, 4.69) is 15.0 Å². The minimum absolute atomic E-state index is 0.0117. The molecule has 1 heterocycles. The topological polar surface area (TPSA) is 71.1 Å². The van der Waals surface area contributed by atoms with E-state index < -0.39 is 10.0 Å². The van der Waals surface area contributed by atoms with Crippen LogP contribution in [0.5, 0.6) is 0 Å². The van der Waals surface area contributed by atoms with Gasteiger partial charge in [0.05, 0.1) is 5.75 Å². The minimum Gasteiger partial charge on any atom is -0.388 e. The Morgan fingerprint density at radius 2 is 1.75 bits per heavy atom. The van der Waals surface area contributed by atoms with Crippen LogP contribution in [0.3, 0.4) is 0 Å². The molecule has 0 unspecified atom stereocenters. The first kappa shape index (κ1) is 14.3. The summed E-state index contributed by atoms with van der Waals surface area (Å²) in [5.41, 5.74) is 2.26. The Morgan fingerprint density at radius 1 is 1.05 bits per heavy atom. The van der Waals surface area contributed by atoms with E-state index in [0.717, 1.165) is 11.4 Å². The Kier molecular flexibility index (Phi) is 4.57. The number of aryl methyl sites for hydroxylation is 1. The molecule has 106 valence electrons. The van der Waals surface area contributed by atoms with Crippen molar-refractivity contribution in [3.05, 3.63) is 54.4 Å². The summed E-state index contributed by atoms with van der Waals surface area (Å²) in [4.78, 5) is 4.11. The van der Waals surface area contributed by atoms with Gasteiger partial charge in [-0.1, -0.05) is 6.07 Å². The molecule has 0 aliphatic carbocycles. The third-order valence-corrected chi connectivity index (χ3v) is 4.09. The van der Waals surface area contributed by atoms with Gasteiger partial charge in [0.2, 0.25) is 10.0 Å². The molecule has 0 amide bonds. The molecule has 2 N–H and O–H groups in total. The number of pyridine rings is 1. The zero-order chi connectivity index (χ0) is 14.4. The Hall–Kier alpha value is -2.08. The molecule has 0 saturated heterocycles. The van der Waals surface area contributed by atoms with E-state index in [0.29, 0.717) is 12.1 Å². The lowest BCUT2D eigenvalue weighted by molar-refractivity contribution is 0.600. The van der Waals surface area contributed by atoms with E-state index in [-0.39, 0.29) is 5.75 Å². The van der Waals surface area contributed by atoms with E-state index in [1.165, 1.54) is 0 Å². The van der Waals surface area contributed by atoms with Gasteiger partial charge in [-0.15, -0.1) is 0 Å². The van der Waals surface area contributed by atoms with Crippen LogP contribution in [0.2, 0.25) is 0 Å². The summed E-state index contributed by atoms with van der Waals surface area (Å²) < 4.78 is 26.5. The Morgan fingerprint density at radius 3 is 2.35 bits per heavy atom. The van der Waals surface area contributed by atoms with Gasteiger partial charge in [-0.05, 0) is 36.4 Å². The molecule has 0 aliphatic rings. The summed E-state index contributed by atoms with van der Waals surface area (Å²) in [5, 5.41) is 2.98. The van der Waals surface area contributed by atoms with Crippen molar-refractivity contribution in [3.8, 4) is 0 Å². The number of sulfonamides is 1. The second-order valence-corrected chi connectivity index (χ2v) is 6.16. The van der Waals surface area contributed by atoms with Crippen LogP contribution in [0.25, 0.3) is 0 Å². The largest absolute Gasteiger partial charge is 0.388 e. The van der Waals surface area contributed by atoms with Crippen LogP contribution in [0, 0.1) is 0 Å². The van der Waals surface area contributed by atoms with E-state index in [9.17, 15) is 8.42 Å². The fraction of sp³-hybridized carbons (Fsp3) is 0.214. The molecule has 0 aliphatic heterocycles. The first-order valence-corrected chi connectivity index (χ1v) is 7.92. The maximum Gasteiger partial charge on any atom is 0.233 e. The molecule has 0 radical (unpaired) electrons. The first-order chi connectivity index (χ1) is 9.59. The van der Waals surface area contributed by atoms with Gasteiger partial charge >= 0.3 is 0 Å². The molecule has 0 spiro atoms. The molecule has 1 aromatic carbocycles. The quantitative estimate of drug-likeness (QED) is 0.855. The third kappa shape index (κ3) is 4.24. The molecule has 0 saturated carbocycles. The van der Waals surface area contributed by atoms with E-state index in [1.54, 1.807) is 24.4 Å². The fourth-order valence-electron chi connectivity index (χ4n) is 1.72. The average Bonchev–Trinajstić information content (AvgIpc) is 2.47. The highest BCUT2D eigenvalue weighted by molar-refractivity contribution is 7.92. The predicted octanol–water partition coefficient (Wildman–Crippen LogP) is 2.11. The summed E-state index contributed by atoms with van der Waals surface area (Å²) in [6.45, 7) is 0. The number of rotatable bonds is 6. The maximum absolute atomic E-state index is 12.0. The number of anilines is 2. The van der Waals surface area contributed by atoms with Crippen molar-refractivity contribution < 1.29 is 8.42 Å². The normalized spacial score (nSPS) is 11.1. The van der Waals surface area contributed by atoms with Gasteiger partial charge in [0.15, 0.2) is 0 Å². The van der Waals surface area contributed by atoms with Gasteiger partial charge in [0, 0.05) is 36.7 Å². The van der Waals surface area contributed by atoms with Crippen LogP contribution >= 0.6 is 0 Å². The molecular formula is C14H17N3O2S. The summed E-state index contributed by atoms with van der Waals surface area (Å²) in [6, 6.07) is 12.6. The summed E-state index contributed by atoms with van der Waals surface area (Å²) in [7, 11) is -1.55. The number of benzene rings is 1. The zero-order valence-electron chi connectivity index (χ0n) is 11.2. The van der Waals surface area contributed by atoms with E-state index >= 15 is 0 Å². The molecule has 0 atom stereocenters. The highest BCUT2D eigenvalue weighted by Gasteiger charge is 2.11. The number of nitrogens with zero attached hydrogens (tertiary/aromatic N) is 1. The Balaban J connectivity index is 1.96. The van der Waals surface area contributed by atoms with Gasteiger partial charge in [-0.3, -0.25) is 9.71 Å². The molecule has 2 aromatic rings. The van der Waals surface area contributed by atoms with Crippen LogP contribution < -0.4 is 10.0 Å². The highest BCUT2D eigenvalue weighted by atomic mass is 32.2. The number of aromatic nitrogens is 1. The minimum atomic E-state index is -3.36. The molecule has 6 heteroatoms. The molecule has 20 heavy (non-hydrogen) atoms. The number of hydrogen-bond donors (Lipinski definition) is 2. The Bertz CT molecular complexity index is 640. The van der Waals surface area contributed by atoms with Crippen molar-refractivity contribution in [2.75, 3.05) is 22.8 Å². The van der Waals surface area contributed by atoms with E-state index in [1.807, 2.05) is 31.3 Å². The van der Waals surface area contributed by atoms with Crippen LogP contribution in [0.4, 0.5) is 11.4 Å². The lowest BCUT2D eigenvalue weighted by atomic mass is 10.3. The first-order valence-electron chi connectivity index (χ1n) is 6.27. The van der Waals surface area contributed by atoms with Crippen LogP contribution in [0.1, 0.15) is 5.69 Å². The summed E-state index contributed by atoms with van der Waals surface area (Å²) in [5.74, 6) is 0.0117. The van der Waals surface area contributed by atoms with Crippen molar-refractivity contribution in [3.63, 3.8) is 0 Å². The monoisotopic (exact) mass is 291 g/mol. The van der Waals surface area contributed by atoms with E-state index in [4.69, 9.17) is 0 Å². The van der Waals surface area contributed by atoms with Crippen molar-refractivity contribution in [1.29, 1.82) is 0 Å². The standard InChI is InChI=1S/C14H17N3O2S/c1-15-12-5-7-14(8-6-12)17-20(18,19)11-9-13-4-2-3-10-16-13/h2-8,10,15,17H,9,11H2,1H3. The molecule has 0 fully saturated rings. The van der Waals surface area contributed by atoms with Gasteiger partial charge in [-0.2, -0.15) is 0 Å². The fourth-order valence-corrected chi connectivity index (χ4v) is 2.80. The third-order valence-electron chi connectivity index (χ3n) is 2.80. The molecular weight excluding hydrogens is 274 g/mol. The van der Waals surface area contributed by atoms with Gasteiger partial charge in [0.1, 0.15) is 0 Å². The van der Waals surface area contributed by atoms with Crippen molar-refractivity contribution in [2.24, 2.45) is 0 Å². The predicted molar refractivity (Wildman–Crippen MR) is 81.3 cm³/mol. The zero-order valence-corrected chi connectivity index (χ0v) is 12.0. The summed E-state index contributed by atoms with van der Waals surface area (Å²) in [6.07, 6.45) is 2.05. The second kappa shape index (κ2) is 6.38. The molecule has 0 bridgehead atoms. The molecule has 1 aromatic heterocycles. The van der Waals surface area contributed by atoms with Gasteiger partial charge in [-0.25, -0.2) is 8.42 Å². The van der Waals surface area contributed by atoms with Crippen molar-refractivity contribution in [2.45, 2.75) is 6.42 Å². The lowest BCUT2D eigenvalue weighted by Gasteiger charge is -2.08. The average molecular weight is 291 g/mol. The molecule has 2 rings (SSSR count). The van der Waals surface area contributed by atoms with Crippen molar-refractivity contribution >= 4 is 21.4 Å². The Labute approximate surface area is 119 Å². The van der Waals surface area contributed by atoms with Gasteiger partial charge < -0.3 is 5.32 Å². The lowest BCUT2D eigenvalue weighted by Crippen LogP contribution is -2.18. The van der Waals surface area contributed by atoms with Gasteiger partial charge in [0.25, 0.3) is 0 Å². The van der Waals surface area contributed by atoms with Crippen LogP contribution in [0.15, 0.2) is 48.7 Å². The summed E-state index contributed by atoms with van der Waals surface area (Å²) >= 11 is 0.